The molecule has 0 fully saturated rings. The molecule has 0 atom stereocenters. The molecule has 0 radical (unpaired) electrons. The van der Waals surface area contributed by atoms with Gasteiger partial charge in [0.05, 0.1) is 22.2 Å². The lowest BCUT2D eigenvalue weighted by molar-refractivity contribution is -0.136. The molecule has 1 aliphatic rings. The van der Waals surface area contributed by atoms with E-state index < -0.39 is 5.97 Å². The number of anilines is 1. The molecular formula is C19H14Cl2N2O3. The topological polar surface area (TPSA) is 82.2 Å². The number of halogens is 2. The number of carboxylic acid groups (broad SMARTS) is 1. The minimum Gasteiger partial charge on any atom is -0.481 e. The maximum absolute atomic E-state index is 13.1. The highest BCUT2D eigenvalue weighted by atomic mass is 35.5. The number of aliphatic carboxylic acids is 1. The molecular weight excluding hydrogens is 375 g/mol. The van der Waals surface area contributed by atoms with E-state index in [1.54, 1.807) is 18.2 Å². The van der Waals surface area contributed by atoms with Crippen LogP contribution in [0.25, 0.3) is 10.9 Å². The average Bonchev–Trinajstić information content (AvgIpc) is 3.19. The van der Waals surface area contributed by atoms with E-state index in [1.807, 2.05) is 12.1 Å². The predicted octanol–water partition coefficient (Wildman–Crippen LogP) is 4.30. The van der Waals surface area contributed by atoms with Crippen LogP contribution in [0, 0.1) is 0 Å². The molecule has 0 saturated heterocycles. The van der Waals surface area contributed by atoms with Gasteiger partial charge in [-0.3, -0.25) is 9.59 Å². The van der Waals surface area contributed by atoms with Crippen molar-refractivity contribution in [3.63, 3.8) is 0 Å². The number of hydrogen-bond donors (Lipinski definition) is 3. The second-order valence-corrected chi connectivity index (χ2v) is 7.05. The van der Waals surface area contributed by atoms with E-state index >= 15 is 0 Å². The van der Waals surface area contributed by atoms with Crippen LogP contribution in [0.2, 0.25) is 10.0 Å². The van der Waals surface area contributed by atoms with Gasteiger partial charge < -0.3 is 15.4 Å². The van der Waals surface area contributed by atoms with Crippen LogP contribution < -0.4 is 5.32 Å². The maximum atomic E-state index is 13.1. The largest absolute Gasteiger partial charge is 0.481 e. The molecule has 7 heteroatoms. The number of benzene rings is 2. The van der Waals surface area contributed by atoms with E-state index in [0.29, 0.717) is 32.1 Å². The van der Waals surface area contributed by atoms with Crippen LogP contribution >= 0.6 is 23.2 Å². The van der Waals surface area contributed by atoms with E-state index in [-0.39, 0.29) is 17.9 Å². The average molecular weight is 389 g/mol. The number of nitrogens with one attached hydrogen (secondary N) is 2. The first-order valence-electron chi connectivity index (χ1n) is 8.07. The van der Waals surface area contributed by atoms with Crippen molar-refractivity contribution in [2.24, 2.45) is 0 Å². The van der Waals surface area contributed by atoms with Gasteiger partial charge in [-0.25, -0.2) is 0 Å². The summed E-state index contributed by atoms with van der Waals surface area (Å²) < 4.78 is 0. The minimum atomic E-state index is -1.02. The number of hydrogen-bond acceptors (Lipinski definition) is 3. The number of ketones is 1. The van der Waals surface area contributed by atoms with E-state index in [4.69, 9.17) is 23.2 Å². The van der Waals surface area contributed by atoms with Crippen molar-refractivity contribution in [1.29, 1.82) is 0 Å². The Labute approximate surface area is 158 Å². The van der Waals surface area contributed by atoms with Crippen molar-refractivity contribution >= 4 is 51.5 Å². The van der Waals surface area contributed by atoms with Gasteiger partial charge in [-0.2, -0.15) is 0 Å². The second kappa shape index (κ2) is 6.34. The summed E-state index contributed by atoms with van der Waals surface area (Å²) in [6, 6.07) is 8.68. The molecule has 2 heterocycles. The van der Waals surface area contributed by atoms with Gasteiger partial charge in [-0.15, -0.1) is 0 Å². The summed E-state index contributed by atoms with van der Waals surface area (Å²) in [7, 11) is 0. The molecule has 0 aliphatic carbocycles. The summed E-state index contributed by atoms with van der Waals surface area (Å²) >= 11 is 12.1. The summed E-state index contributed by atoms with van der Waals surface area (Å²) in [5, 5.41) is 13.8. The van der Waals surface area contributed by atoms with Crippen molar-refractivity contribution in [2.75, 3.05) is 11.9 Å². The molecule has 0 unspecified atom stereocenters. The van der Waals surface area contributed by atoms with Gasteiger partial charge in [0.1, 0.15) is 0 Å². The van der Waals surface area contributed by atoms with Gasteiger partial charge in [0.2, 0.25) is 5.78 Å². The Kier molecular flexibility index (Phi) is 4.13. The molecule has 26 heavy (non-hydrogen) atoms. The van der Waals surface area contributed by atoms with Crippen molar-refractivity contribution in [3.05, 3.63) is 62.8 Å². The van der Waals surface area contributed by atoms with Crippen molar-refractivity contribution in [3.8, 4) is 0 Å². The third-order valence-electron chi connectivity index (χ3n) is 4.58. The molecule has 0 bridgehead atoms. The van der Waals surface area contributed by atoms with E-state index in [9.17, 15) is 14.7 Å². The molecule has 4 rings (SSSR count). The van der Waals surface area contributed by atoms with Gasteiger partial charge in [0, 0.05) is 34.3 Å². The number of carbonyl (C=O) groups is 2. The van der Waals surface area contributed by atoms with E-state index in [1.165, 1.54) is 0 Å². The number of H-pyrrole nitrogens is 1. The molecule has 2 aromatic carbocycles. The fourth-order valence-electron chi connectivity index (χ4n) is 3.36. The number of fused-ring (bicyclic) bond motifs is 2. The summed E-state index contributed by atoms with van der Waals surface area (Å²) in [5.41, 5.74) is 3.88. The molecule has 1 aliphatic heterocycles. The lowest BCUT2D eigenvalue weighted by Gasteiger charge is -2.05. The Balaban J connectivity index is 1.86. The number of rotatable bonds is 4. The highest BCUT2D eigenvalue weighted by Crippen LogP contribution is 2.33. The van der Waals surface area contributed by atoms with Gasteiger partial charge in [0.15, 0.2) is 0 Å². The Morgan fingerprint density at radius 3 is 2.65 bits per heavy atom. The highest BCUT2D eigenvalue weighted by molar-refractivity contribution is 6.42. The van der Waals surface area contributed by atoms with Gasteiger partial charge >= 0.3 is 5.97 Å². The van der Waals surface area contributed by atoms with Gasteiger partial charge in [0.25, 0.3) is 0 Å². The standard InChI is InChI=1S/C19H14Cl2N2O3/c20-13-6-11-12(7-17(24)25)18(23-16(11)8-14(13)21)19(26)10-1-2-15-9(5-10)3-4-22-15/h1-2,5-6,8,22-23H,3-4,7H2,(H,24,25). The van der Waals surface area contributed by atoms with Crippen LogP contribution in [0.3, 0.4) is 0 Å². The number of carbonyl (C=O) groups excluding carboxylic acids is 1. The van der Waals surface area contributed by atoms with Crippen LogP contribution in [-0.4, -0.2) is 28.4 Å². The molecule has 0 saturated carbocycles. The van der Waals surface area contributed by atoms with Gasteiger partial charge in [-0.05, 0) is 42.3 Å². The molecule has 1 aromatic heterocycles. The summed E-state index contributed by atoms with van der Waals surface area (Å²) in [5.74, 6) is -1.27. The molecule has 0 amide bonds. The fourth-order valence-corrected chi connectivity index (χ4v) is 3.69. The lowest BCUT2D eigenvalue weighted by atomic mass is 9.99. The Morgan fingerprint density at radius 2 is 1.88 bits per heavy atom. The zero-order valence-corrected chi connectivity index (χ0v) is 15.0. The first kappa shape index (κ1) is 16.9. The molecule has 5 nitrogen and oxygen atoms in total. The van der Waals surface area contributed by atoms with Crippen LogP contribution in [0.1, 0.15) is 27.2 Å². The highest BCUT2D eigenvalue weighted by Gasteiger charge is 2.23. The first-order valence-corrected chi connectivity index (χ1v) is 8.82. The Morgan fingerprint density at radius 1 is 1.12 bits per heavy atom. The van der Waals surface area contributed by atoms with Crippen LogP contribution in [-0.2, 0) is 17.6 Å². The minimum absolute atomic E-state index is 0.251. The molecule has 3 aromatic rings. The smallest absolute Gasteiger partial charge is 0.307 e. The monoisotopic (exact) mass is 388 g/mol. The summed E-state index contributed by atoms with van der Waals surface area (Å²) in [6.07, 6.45) is 0.571. The normalized spacial score (nSPS) is 12.8. The number of aromatic amines is 1. The van der Waals surface area contributed by atoms with Crippen LogP contribution in [0.4, 0.5) is 5.69 Å². The second-order valence-electron chi connectivity index (χ2n) is 6.24. The zero-order chi connectivity index (χ0) is 18.4. The van der Waals surface area contributed by atoms with Crippen molar-refractivity contribution < 1.29 is 14.7 Å². The molecule has 132 valence electrons. The quantitative estimate of drug-likeness (QED) is 0.581. The fraction of sp³-hybridized carbons (Fsp3) is 0.158. The zero-order valence-electron chi connectivity index (χ0n) is 13.5. The first-order chi connectivity index (χ1) is 12.4. The summed E-state index contributed by atoms with van der Waals surface area (Å²) in [6.45, 7) is 0.848. The maximum Gasteiger partial charge on any atom is 0.307 e. The van der Waals surface area contributed by atoms with Gasteiger partial charge in [-0.1, -0.05) is 23.2 Å². The Hall–Kier alpha value is -2.50. The van der Waals surface area contributed by atoms with Crippen molar-refractivity contribution in [1.82, 2.24) is 4.98 Å². The third kappa shape index (κ3) is 2.83. The van der Waals surface area contributed by atoms with E-state index in [0.717, 1.165) is 24.2 Å². The lowest BCUT2D eigenvalue weighted by Crippen LogP contribution is -2.09. The van der Waals surface area contributed by atoms with Crippen LogP contribution in [0.5, 0.6) is 0 Å². The van der Waals surface area contributed by atoms with Crippen LogP contribution in [0.15, 0.2) is 30.3 Å². The Bertz CT molecular complexity index is 1070. The van der Waals surface area contributed by atoms with E-state index in [2.05, 4.69) is 10.3 Å². The summed E-state index contributed by atoms with van der Waals surface area (Å²) in [4.78, 5) is 27.4. The number of aromatic nitrogens is 1. The molecule has 3 N–H and O–H groups in total. The predicted molar refractivity (Wildman–Crippen MR) is 102 cm³/mol. The van der Waals surface area contributed by atoms with Crippen molar-refractivity contribution in [2.45, 2.75) is 12.8 Å². The SMILES string of the molecule is O=C(O)Cc1c(C(=O)c2ccc3c(c2)CCN3)[nH]c2cc(Cl)c(Cl)cc12. The third-order valence-corrected chi connectivity index (χ3v) is 5.30. The molecule has 0 spiro atoms. The number of carboxylic acids is 1.